The molecule has 11 heteroatoms. The van der Waals surface area contributed by atoms with Crippen molar-refractivity contribution in [1.82, 2.24) is 14.9 Å². The molecule has 3 heterocycles. The van der Waals surface area contributed by atoms with Gasteiger partial charge in [-0.2, -0.15) is 8.42 Å². The predicted octanol–water partition coefficient (Wildman–Crippen LogP) is 1.66. The number of carbonyl (C=O) groups excluding carboxylic acids is 1. The highest BCUT2D eigenvalue weighted by Crippen LogP contribution is 2.43. The van der Waals surface area contributed by atoms with E-state index in [0.29, 0.717) is 38.4 Å². The van der Waals surface area contributed by atoms with E-state index in [-0.39, 0.29) is 11.8 Å². The molecular formula is C24H20N4O6S. The summed E-state index contributed by atoms with van der Waals surface area (Å²) in [5.41, 5.74) is 0.131. The number of fused-ring (bicyclic) bond motifs is 2. The molecule has 2 aromatic carbocycles. The molecule has 0 bridgehead atoms. The van der Waals surface area contributed by atoms with Gasteiger partial charge in [0.2, 0.25) is 0 Å². The van der Waals surface area contributed by atoms with Crippen LogP contribution in [0.5, 0.6) is 0 Å². The maximum absolute atomic E-state index is 13.1. The molecule has 0 saturated heterocycles. The maximum atomic E-state index is 13.1. The van der Waals surface area contributed by atoms with E-state index in [4.69, 9.17) is 4.28 Å². The van der Waals surface area contributed by atoms with Gasteiger partial charge in [0, 0.05) is 23.6 Å². The first kappa shape index (κ1) is 22.7. The molecule has 178 valence electrons. The first-order valence-corrected chi connectivity index (χ1v) is 12.4. The molecule has 1 aliphatic heterocycles. The molecule has 0 saturated carbocycles. The summed E-state index contributed by atoms with van der Waals surface area (Å²) in [4.78, 5) is 31.9. The van der Waals surface area contributed by atoms with Gasteiger partial charge >= 0.3 is 15.7 Å². The van der Waals surface area contributed by atoms with Gasteiger partial charge in [-0.05, 0) is 35.5 Å². The highest BCUT2D eigenvalue weighted by Gasteiger charge is 2.46. The monoisotopic (exact) mass is 492 g/mol. The van der Waals surface area contributed by atoms with Crippen molar-refractivity contribution in [3.63, 3.8) is 0 Å². The standard InChI is InChI=1S/C24H20N4O6S/c1-24(31)19-9-5-6-10-21(19)27(23(24)30)16-11-15(13-25-14-16)12-20-17-7-3-4-8-18(17)22(29)28(26-20)34-35(2,32)33/h3-11,13-14,31H,12H2,1-2H3/t24-/m0/s1. The van der Waals surface area contributed by atoms with Crippen molar-refractivity contribution in [2.75, 3.05) is 11.2 Å². The quantitative estimate of drug-likeness (QED) is 0.445. The summed E-state index contributed by atoms with van der Waals surface area (Å²) in [7, 11) is -4.00. The van der Waals surface area contributed by atoms with Crippen LogP contribution in [0, 0.1) is 0 Å². The van der Waals surface area contributed by atoms with E-state index < -0.39 is 27.2 Å². The van der Waals surface area contributed by atoms with Gasteiger partial charge in [-0.25, -0.2) is 0 Å². The zero-order valence-corrected chi connectivity index (χ0v) is 19.6. The SMILES string of the molecule is C[C@@]1(O)C(=O)N(c2cncc(Cc3nn(OS(C)(=O)=O)c(=O)c4ccccc34)c2)c2ccccc21. The molecule has 0 radical (unpaired) electrons. The number of anilines is 2. The number of carbonyl (C=O) groups is 1. The van der Waals surface area contributed by atoms with Crippen molar-refractivity contribution >= 4 is 38.2 Å². The maximum Gasteiger partial charge on any atom is 0.325 e. The van der Waals surface area contributed by atoms with Crippen LogP contribution in [-0.4, -0.2) is 40.6 Å². The lowest BCUT2D eigenvalue weighted by atomic mass is 9.98. The van der Waals surface area contributed by atoms with Crippen LogP contribution >= 0.6 is 0 Å². The third-order valence-electron chi connectivity index (χ3n) is 5.76. The molecule has 10 nitrogen and oxygen atoms in total. The summed E-state index contributed by atoms with van der Waals surface area (Å²) in [6.45, 7) is 1.45. The van der Waals surface area contributed by atoms with Crippen molar-refractivity contribution < 1.29 is 22.6 Å². The van der Waals surface area contributed by atoms with E-state index in [0.717, 1.165) is 6.26 Å². The third kappa shape index (κ3) is 3.94. The molecule has 2 aromatic heterocycles. The third-order valence-corrected chi connectivity index (χ3v) is 6.17. The zero-order chi connectivity index (χ0) is 25.0. The Morgan fingerprint density at radius 2 is 1.71 bits per heavy atom. The van der Waals surface area contributed by atoms with E-state index in [9.17, 15) is 23.1 Å². The van der Waals surface area contributed by atoms with E-state index in [1.165, 1.54) is 18.0 Å². The van der Waals surface area contributed by atoms with Gasteiger partial charge in [0.05, 0.1) is 34.9 Å². The minimum absolute atomic E-state index is 0.162. The number of benzene rings is 2. The van der Waals surface area contributed by atoms with E-state index in [1.807, 2.05) is 0 Å². The number of para-hydroxylation sites is 1. The molecule has 0 aliphatic carbocycles. The van der Waals surface area contributed by atoms with Crippen molar-refractivity contribution in [2.24, 2.45) is 0 Å². The van der Waals surface area contributed by atoms with Crippen molar-refractivity contribution in [3.05, 3.63) is 94.2 Å². The number of aliphatic hydroxyl groups is 1. The largest absolute Gasteiger partial charge is 0.375 e. The summed E-state index contributed by atoms with van der Waals surface area (Å²) in [5.74, 6) is -0.503. The fraction of sp³-hybridized carbons (Fsp3) is 0.167. The van der Waals surface area contributed by atoms with Crippen molar-refractivity contribution in [2.45, 2.75) is 18.9 Å². The molecule has 1 amide bonds. The van der Waals surface area contributed by atoms with Gasteiger partial charge < -0.3 is 5.11 Å². The van der Waals surface area contributed by atoms with Crippen LogP contribution in [0.2, 0.25) is 0 Å². The molecule has 1 atom stereocenters. The lowest BCUT2D eigenvalue weighted by Crippen LogP contribution is -2.35. The van der Waals surface area contributed by atoms with Gasteiger partial charge in [0.15, 0.2) is 5.60 Å². The number of hydrogen-bond acceptors (Lipinski definition) is 8. The predicted molar refractivity (Wildman–Crippen MR) is 128 cm³/mol. The number of nitrogens with zero attached hydrogens (tertiary/aromatic N) is 4. The highest BCUT2D eigenvalue weighted by atomic mass is 32.2. The molecule has 1 aliphatic rings. The van der Waals surface area contributed by atoms with E-state index in [2.05, 4.69) is 10.1 Å². The molecule has 35 heavy (non-hydrogen) atoms. The van der Waals surface area contributed by atoms with Crippen LogP contribution in [-0.2, 0) is 26.9 Å². The molecule has 5 rings (SSSR count). The van der Waals surface area contributed by atoms with Crippen LogP contribution in [0.4, 0.5) is 11.4 Å². The summed E-state index contributed by atoms with van der Waals surface area (Å²) in [6, 6.07) is 15.4. The first-order chi connectivity index (χ1) is 16.6. The van der Waals surface area contributed by atoms with Gasteiger partial charge in [0.1, 0.15) is 0 Å². The molecule has 4 aromatic rings. The fourth-order valence-corrected chi connectivity index (χ4v) is 4.57. The minimum atomic E-state index is -4.00. The number of rotatable bonds is 5. The minimum Gasteiger partial charge on any atom is -0.375 e. The summed E-state index contributed by atoms with van der Waals surface area (Å²) in [6.07, 6.45) is 4.08. The second-order valence-electron chi connectivity index (χ2n) is 8.41. The lowest BCUT2D eigenvalue weighted by molar-refractivity contribution is -0.133. The average Bonchev–Trinajstić information content (AvgIpc) is 3.02. The Labute approximate surface area is 200 Å². The normalized spacial score (nSPS) is 17.6. The molecular weight excluding hydrogens is 472 g/mol. The number of amides is 1. The second-order valence-corrected chi connectivity index (χ2v) is 9.96. The van der Waals surface area contributed by atoms with E-state index in [1.54, 1.807) is 60.8 Å². The molecule has 0 spiro atoms. The van der Waals surface area contributed by atoms with E-state index >= 15 is 0 Å². The van der Waals surface area contributed by atoms with Gasteiger partial charge in [-0.15, -0.1) is 5.10 Å². The Hall–Kier alpha value is -4.09. The summed E-state index contributed by atoms with van der Waals surface area (Å²) >= 11 is 0. The number of pyridine rings is 1. The topological polar surface area (TPSA) is 132 Å². The number of aromatic nitrogens is 3. The smallest absolute Gasteiger partial charge is 0.325 e. The van der Waals surface area contributed by atoms with Crippen LogP contribution < -0.4 is 14.7 Å². The van der Waals surface area contributed by atoms with Gasteiger partial charge in [-0.3, -0.25) is 23.8 Å². The van der Waals surface area contributed by atoms with Crippen LogP contribution in [0.25, 0.3) is 10.8 Å². The van der Waals surface area contributed by atoms with Gasteiger partial charge in [0.25, 0.3) is 5.91 Å². The second kappa shape index (κ2) is 8.00. The molecule has 0 unspecified atom stereocenters. The Kier molecular flexibility index (Phi) is 5.18. The Morgan fingerprint density at radius 1 is 1.03 bits per heavy atom. The van der Waals surface area contributed by atoms with Crippen molar-refractivity contribution in [1.29, 1.82) is 0 Å². The average molecular weight is 493 g/mol. The van der Waals surface area contributed by atoms with Crippen molar-refractivity contribution in [3.8, 4) is 0 Å². The van der Waals surface area contributed by atoms with Crippen LogP contribution in [0.1, 0.15) is 23.7 Å². The summed E-state index contributed by atoms with van der Waals surface area (Å²) < 4.78 is 28.1. The molecule has 1 N–H and O–H groups in total. The fourth-order valence-electron chi connectivity index (χ4n) is 4.21. The van der Waals surface area contributed by atoms with Crippen LogP contribution in [0.15, 0.2) is 71.8 Å². The zero-order valence-electron chi connectivity index (χ0n) is 18.7. The Balaban J connectivity index is 1.59. The Morgan fingerprint density at radius 3 is 2.46 bits per heavy atom. The first-order valence-electron chi connectivity index (χ1n) is 10.6. The number of hydrogen-bond donors (Lipinski definition) is 1. The van der Waals surface area contributed by atoms with Crippen LogP contribution in [0.3, 0.4) is 0 Å². The Bertz CT molecular complexity index is 1660. The highest BCUT2D eigenvalue weighted by molar-refractivity contribution is 7.86. The van der Waals surface area contributed by atoms with Gasteiger partial charge in [-0.1, -0.05) is 36.4 Å². The summed E-state index contributed by atoms with van der Waals surface area (Å²) in [5, 5.41) is 15.7. The molecule has 0 fully saturated rings. The lowest BCUT2D eigenvalue weighted by Gasteiger charge is -2.20.